The lowest BCUT2D eigenvalue weighted by atomic mass is 9.99. The number of hydrogen-bond donors (Lipinski definition) is 1. The van der Waals surface area contributed by atoms with E-state index in [1.54, 1.807) is 13.3 Å². The van der Waals surface area contributed by atoms with Crippen LogP contribution >= 0.6 is 0 Å². The summed E-state index contributed by atoms with van der Waals surface area (Å²) in [7, 11) is 1.63. The molecule has 98 valence electrons. The Hall–Kier alpha value is -1.91. The molecule has 1 atom stereocenters. The molecule has 0 fully saturated rings. The van der Waals surface area contributed by atoms with Crippen LogP contribution in [0, 0.1) is 0 Å². The van der Waals surface area contributed by atoms with E-state index >= 15 is 0 Å². The first-order valence-electron chi connectivity index (χ1n) is 6.23. The second kappa shape index (κ2) is 4.99. The normalized spacial score (nSPS) is 15.1. The topological polar surface area (TPSA) is 57.4 Å². The molecule has 2 heterocycles. The SMILES string of the molecule is COc1cccnc1C(N)c1ccc2c(c1)COC2. The van der Waals surface area contributed by atoms with Gasteiger partial charge in [0.25, 0.3) is 0 Å². The standard InChI is InChI=1S/C15H16N2O2/c1-18-13-3-2-6-17-15(13)14(16)10-4-5-11-8-19-9-12(11)7-10/h2-7,14H,8-9,16H2,1H3. The van der Waals surface area contributed by atoms with Crippen molar-refractivity contribution in [3.05, 3.63) is 58.9 Å². The van der Waals surface area contributed by atoms with Crippen molar-refractivity contribution in [3.63, 3.8) is 0 Å². The lowest BCUT2D eigenvalue weighted by molar-refractivity contribution is 0.134. The molecule has 0 saturated carbocycles. The highest BCUT2D eigenvalue weighted by Gasteiger charge is 2.18. The third kappa shape index (κ3) is 2.20. The lowest BCUT2D eigenvalue weighted by Crippen LogP contribution is -2.15. The van der Waals surface area contributed by atoms with Gasteiger partial charge in [-0.1, -0.05) is 18.2 Å². The molecule has 4 nitrogen and oxygen atoms in total. The minimum absolute atomic E-state index is 0.290. The average molecular weight is 256 g/mol. The minimum Gasteiger partial charge on any atom is -0.495 e. The summed E-state index contributed by atoms with van der Waals surface area (Å²) in [4.78, 5) is 4.34. The van der Waals surface area contributed by atoms with Gasteiger partial charge in [-0.05, 0) is 28.8 Å². The Morgan fingerprint density at radius 1 is 1.26 bits per heavy atom. The summed E-state index contributed by atoms with van der Waals surface area (Å²) >= 11 is 0. The third-order valence-electron chi connectivity index (χ3n) is 3.42. The van der Waals surface area contributed by atoms with E-state index in [1.165, 1.54) is 11.1 Å². The van der Waals surface area contributed by atoms with Crippen LogP contribution in [0.3, 0.4) is 0 Å². The van der Waals surface area contributed by atoms with Crippen LogP contribution in [-0.4, -0.2) is 12.1 Å². The van der Waals surface area contributed by atoms with Crippen molar-refractivity contribution < 1.29 is 9.47 Å². The number of hydrogen-bond acceptors (Lipinski definition) is 4. The summed E-state index contributed by atoms with van der Waals surface area (Å²) in [6, 6.07) is 9.63. The fourth-order valence-corrected chi connectivity index (χ4v) is 2.35. The number of nitrogens with zero attached hydrogens (tertiary/aromatic N) is 1. The third-order valence-corrected chi connectivity index (χ3v) is 3.42. The molecule has 1 aromatic heterocycles. The monoisotopic (exact) mass is 256 g/mol. The van der Waals surface area contributed by atoms with Gasteiger partial charge in [-0.3, -0.25) is 4.98 Å². The Labute approximate surface area is 112 Å². The number of rotatable bonds is 3. The summed E-state index contributed by atoms with van der Waals surface area (Å²) in [5.41, 5.74) is 10.5. The van der Waals surface area contributed by atoms with Crippen LogP contribution in [0.1, 0.15) is 28.4 Å². The molecule has 1 unspecified atom stereocenters. The van der Waals surface area contributed by atoms with Gasteiger partial charge in [-0.2, -0.15) is 0 Å². The van der Waals surface area contributed by atoms with Crippen LogP contribution in [0.2, 0.25) is 0 Å². The Balaban J connectivity index is 1.97. The van der Waals surface area contributed by atoms with Crippen LogP contribution in [0.15, 0.2) is 36.5 Å². The molecular weight excluding hydrogens is 240 g/mol. The fourth-order valence-electron chi connectivity index (χ4n) is 2.35. The highest BCUT2D eigenvalue weighted by atomic mass is 16.5. The van der Waals surface area contributed by atoms with E-state index in [1.807, 2.05) is 18.2 Å². The molecule has 1 aliphatic heterocycles. The molecule has 0 aliphatic carbocycles. The number of aromatic nitrogens is 1. The van der Waals surface area contributed by atoms with Gasteiger partial charge in [0.2, 0.25) is 0 Å². The number of nitrogens with two attached hydrogens (primary N) is 1. The molecule has 3 rings (SSSR count). The molecule has 2 N–H and O–H groups in total. The van der Waals surface area contributed by atoms with Crippen molar-refractivity contribution in [3.8, 4) is 5.75 Å². The average Bonchev–Trinajstić information content (AvgIpc) is 2.93. The van der Waals surface area contributed by atoms with Gasteiger partial charge in [0.1, 0.15) is 11.4 Å². The number of fused-ring (bicyclic) bond motifs is 1. The van der Waals surface area contributed by atoms with Crippen molar-refractivity contribution in [2.45, 2.75) is 19.3 Å². The highest BCUT2D eigenvalue weighted by molar-refractivity contribution is 5.40. The maximum absolute atomic E-state index is 6.30. The van der Waals surface area contributed by atoms with Crippen molar-refractivity contribution >= 4 is 0 Å². The summed E-state index contributed by atoms with van der Waals surface area (Å²) in [6.07, 6.45) is 1.73. The molecular formula is C15H16N2O2. The molecule has 4 heteroatoms. The van der Waals surface area contributed by atoms with Crippen LogP contribution in [0.25, 0.3) is 0 Å². The van der Waals surface area contributed by atoms with Gasteiger partial charge >= 0.3 is 0 Å². The number of methoxy groups -OCH3 is 1. The van der Waals surface area contributed by atoms with Gasteiger partial charge in [-0.25, -0.2) is 0 Å². The van der Waals surface area contributed by atoms with Gasteiger partial charge in [-0.15, -0.1) is 0 Å². The van der Waals surface area contributed by atoms with E-state index in [-0.39, 0.29) is 6.04 Å². The van der Waals surface area contributed by atoms with Gasteiger partial charge in [0.15, 0.2) is 0 Å². The molecule has 0 radical (unpaired) electrons. The molecule has 0 saturated heterocycles. The maximum atomic E-state index is 6.30. The van der Waals surface area contributed by atoms with E-state index < -0.39 is 0 Å². The minimum atomic E-state index is -0.290. The number of pyridine rings is 1. The Morgan fingerprint density at radius 2 is 2.11 bits per heavy atom. The quantitative estimate of drug-likeness (QED) is 0.914. The van der Waals surface area contributed by atoms with Crippen molar-refractivity contribution in [1.29, 1.82) is 0 Å². The molecule has 0 bridgehead atoms. The summed E-state index contributed by atoms with van der Waals surface area (Å²) < 4.78 is 10.7. The van der Waals surface area contributed by atoms with Crippen LogP contribution in [-0.2, 0) is 18.0 Å². The molecule has 0 amide bonds. The maximum Gasteiger partial charge on any atom is 0.142 e. The van der Waals surface area contributed by atoms with Crippen LogP contribution in [0.5, 0.6) is 5.75 Å². The second-order valence-corrected chi connectivity index (χ2v) is 4.59. The molecule has 0 spiro atoms. The first-order valence-corrected chi connectivity index (χ1v) is 6.23. The Kier molecular flexibility index (Phi) is 3.19. The zero-order valence-electron chi connectivity index (χ0n) is 10.8. The van der Waals surface area contributed by atoms with E-state index in [4.69, 9.17) is 15.2 Å². The predicted octanol–water partition coefficient (Wildman–Crippen LogP) is 2.17. The smallest absolute Gasteiger partial charge is 0.142 e. The fraction of sp³-hybridized carbons (Fsp3) is 0.267. The molecule has 2 aromatic rings. The van der Waals surface area contributed by atoms with E-state index in [2.05, 4.69) is 17.1 Å². The van der Waals surface area contributed by atoms with Crippen LogP contribution in [0.4, 0.5) is 0 Å². The van der Waals surface area contributed by atoms with Gasteiger partial charge in [0.05, 0.1) is 26.4 Å². The van der Waals surface area contributed by atoms with Crippen molar-refractivity contribution in [2.75, 3.05) is 7.11 Å². The molecule has 1 aromatic carbocycles. The zero-order chi connectivity index (χ0) is 13.2. The first-order chi connectivity index (χ1) is 9.29. The highest BCUT2D eigenvalue weighted by Crippen LogP contribution is 2.29. The Morgan fingerprint density at radius 3 is 2.95 bits per heavy atom. The summed E-state index contributed by atoms with van der Waals surface area (Å²) in [5.74, 6) is 0.715. The second-order valence-electron chi connectivity index (χ2n) is 4.59. The first kappa shape index (κ1) is 12.1. The van der Waals surface area contributed by atoms with Crippen molar-refractivity contribution in [2.24, 2.45) is 5.73 Å². The number of ether oxygens (including phenoxy) is 2. The predicted molar refractivity (Wildman–Crippen MR) is 71.8 cm³/mol. The van der Waals surface area contributed by atoms with Gasteiger partial charge in [0, 0.05) is 6.20 Å². The van der Waals surface area contributed by atoms with E-state index in [9.17, 15) is 0 Å². The largest absolute Gasteiger partial charge is 0.495 e. The summed E-state index contributed by atoms with van der Waals surface area (Å²) in [6.45, 7) is 1.35. The molecule has 19 heavy (non-hydrogen) atoms. The van der Waals surface area contributed by atoms with E-state index in [0.717, 1.165) is 11.3 Å². The molecule has 1 aliphatic rings. The zero-order valence-corrected chi connectivity index (χ0v) is 10.8. The van der Waals surface area contributed by atoms with Crippen LogP contribution < -0.4 is 10.5 Å². The Bertz CT molecular complexity index is 598. The lowest BCUT2D eigenvalue weighted by Gasteiger charge is -2.15. The number of benzene rings is 1. The van der Waals surface area contributed by atoms with E-state index in [0.29, 0.717) is 19.0 Å². The summed E-state index contributed by atoms with van der Waals surface area (Å²) in [5, 5.41) is 0. The van der Waals surface area contributed by atoms with Gasteiger partial charge < -0.3 is 15.2 Å². The van der Waals surface area contributed by atoms with Crippen molar-refractivity contribution in [1.82, 2.24) is 4.98 Å².